The van der Waals surface area contributed by atoms with Gasteiger partial charge in [0.05, 0.1) is 7.11 Å². The van der Waals surface area contributed by atoms with Crippen LogP contribution in [0.1, 0.15) is 123 Å². The molecule has 24 heavy (non-hydrogen) atoms. The molecular weight excluding hydrogens is 296 g/mol. The molecule has 0 fully saturated rings. The van der Waals surface area contributed by atoms with E-state index in [1.165, 1.54) is 103 Å². The summed E-state index contributed by atoms with van der Waals surface area (Å²) in [6.07, 6.45) is 22.8. The van der Waals surface area contributed by atoms with Crippen molar-refractivity contribution >= 4 is 5.97 Å². The maximum absolute atomic E-state index is 11.2. The van der Waals surface area contributed by atoms with Gasteiger partial charge in [-0.2, -0.15) is 0 Å². The van der Waals surface area contributed by atoms with E-state index in [1.54, 1.807) is 0 Å². The van der Waals surface area contributed by atoms with E-state index in [9.17, 15) is 4.79 Å². The first kappa shape index (κ1) is 23.5. The monoisotopic (exact) mass is 340 g/mol. The van der Waals surface area contributed by atoms with E-state index in [2.05, 4.69) is 13.8 Å². The summed E-state index contributed by atoms with van der Waals surface area (Å²) in [5, 5.41) is 0. The number of ether oxygens (including phenoxy) is 1. The normalized spacial score (nSPS) is 12.3. The van der Waals surface area contributed by atoms with Gasteiger partial charge in [0.25, 0.3) is 0 Å². The number of methoxy groups -OCH3 is 1. The van der Waals surface area contributed by atoms with Crippen LogP contribution in [0.5, 0.6) is 0 Å². The summed E-state index contributed by atoms with van der Waals surface area (Å²) < 4.78 is 4.71. The quantitative estimate of drug-likeness (QED) is 0.191. The molecule has 0 saturated carbocycles. The fourth-order valence-electron chi connectivity index (χ4n) is 3.33. The van der Waals surface area contributed by atoms with Crippen LogP contribution >= 0.6 is 0 Å². The summed E-state index contributed by atoms with van der Waals surface area (Å²) >= 11 is 0. The minimum absolute atomic E-state index is 0.0662. The van der Waals surface area contributed by atoms with Crippen LogP contribution in [-0.4, -0.2) is 13.1 Å². The Morgan fingerprint density at radius 3 is 1.46 bits per heavy atom. The Morgan fingerprint density at radius 1 is 0.708 bits per heavy atom. The Morgan fingerprint density at radius 2 is 1.08 bits per heavy atom. The first-order chi connectivity index (χ1) is 11.7. The van der Waals surface area contributed by atoms with Gasteiger partial charge in [0.15, 0.2) is 0 Å². The summed E-state index contributed by atoms with van der Waals surface area (Å²) in [6, 6.07) is 0. The van der Waals surface area contributed by atoms with Crippen LogP contribution in [0.15, 0.2) is 0 Å². The highest BCUT2D eigenvalue weighted by atomic mass is 16.5. The molecule has 0 aliphatic heterocycles. The Hall–Kier alpha value is -0.530. The van der Waals surface area contributed by atoms with E-state index in [0.717, 1.165) is 6.42 Å². The number of hydrogen-bond acceptors (Lipinski definition) is 2. The van der Waals surface area contributed by atoms with Crippen molar-refractivity contribution in [2.45, 2.75) is 123 Å². The van der Waals surface area contributed by atoms with Crippen LogP contribution < -0.4 is 0 Å². The zero-order valence-corrected chi connectivity index (χ0v) is 16.9. The van der Waals surface area contributed by atoms with Crippen LogP contribution in [0.3, 0.4) is 0 Å². The van der Waals surface area contributed by atoms with Gasteiger partial charge in [0, 0.05) is 6.42 Å². The Labute approximate surface area is 152 Å². The van der Waals surface area contributed by atoms with Crippen molar-refractivity contribution in [3.8, 4) is 0 Å². The maximum Gasteiger partial charge on any atom is 0.305 e. The van der Waals surface area contributed by atoms with Gasteiger partial charge >= 0.3 is 5.97 Å². The summed E-state index contributed by atoms with van der Waals surface area (Å²) in [5.41, 5.74) is 0. The van der Waals surface area contributed by atoms with Crippen molar-refractivity contribution in [3.05, 3.63) is 0 Å². The highest BCUT2D eigenvalue weighted by Crippen LogP contribution is 2.16. The molecule has 0 N–H and O–H groups in total. The standard InChI is InChI=1S/C22H44O2/c1-4-5-6-7-8-9-10-11-12-13-14-15-16-17-18-19-21(2)20-22(23)24-3/h21H,4-20H2,1-3H3/t21-/m0/s1. The first-order valence-electron chi connectivity index (χ1n) is 10.8. The van der Waals surface area contributed by atoms with Gasteiger partial charge in [0.2, 0.25) is 0 Å². The van der Waals surface area contributed by atoms with Gasteiger partial charge < -0.3 is 4.74 Å². The lowest BCUT2D eigenvalue weighted by atomic mass is 9.99. The number of carbonyl (C=O) groups is 1. The lowest BCUT2D eigenvalue weighted by Gasteiger charge is -2.09. The first-order valence-corrected chi connectivity index (χ1v) is 10.8. The van der Waals surface area contributed by atoms with Gasteiger partial charge in [0.1, 0.15) is 0 Å². The molecule has 2 nitrogen and oxygen atoms in total. The second kappa shape index (κ2) is 18.8. The predicted octanol–water partition coefficient (Wildman–Crippen LogP) is 7.45. The summed E-state index contributed by atoms with van der Waals surface area (Å²) in [5.74, 6) is 0.405. The second-order valence-electron chi connectivity index (χ2n) is 7.62. The van der Waals surface area contributed by atoms with Gasteiger partial charge in [-0.3, -0.25) is 4.79 Å². The van der Waals surface area contributed by atoms with Crippen LogP contribution in [0.2, 0.25) is 0 Å². The van der Waals surface area contributed by atoms with E-state index in [1.807, 2.05) is 0 Å². The minimum atomic E-state index is -0.0662. The molecule has 0 aromatic heterocycles. The molecular formula is C22H44O2. The van der Waals surface area contributed by atoms with Gasteiger partial charge in [-0.05, 0) is 5.92 Å². The molecule has 2 heteroatoms. The molecule has 0 aromatic rings. The highest BCUT2D eigenvalue weighted by Gasteiger charge is 2.08. The molecule has 0 saturated heterocycles. The molecule has 0 heterocycles. The zero-order chi connectivity index (χ0) is 17.9. The number of esters is 1. The van der Waals surface area contributed by atoms with E-state index in [-0.39, 0.29) is 5.97 Å². The van der Waals surface area contributed by atoms with Crippen molar-refractivity contribution in [3.63, 3.8) is 0 Å². The lowest BCUT2D eigenvalue weighted by Crippen LogP contribution is -2.06. The molecule has 0 rings (SSSR count). The third kappa shape index (κ3) is 17.8. The van der Waals surface area contributed by atoms with Crippen molar-refractivity contribution in [1.82, 2.24) is 0 Å². The Bertz CT molecular complexity index is 263. The third-order valence-corrected chi connectivity index (χ3v) is 5.04. The predicted molar refractivity (Wildman–Crippen MR) is 105 cm³/mol. The number of carbonyl (C=O) groups excluding carboxylic acids is 1. The largest absolute Gasteiger partial charge is 0.469 e. The lowest BCUT2D eigenvalue weighted by molar-refractivity contribution is -0.141. The highest BCUT2D eigenvalue weighted by molar-refractivity contribution is 5.69. The molecule has 0 aromatic carbocycles. The van der Waals surface area contributed by atoms with Crippen molar-refractivity contribution in [2.75, 3.05) is 7.11 Å². The molecule has 0 aliphatic rings. The molecule has 0 spiro atoms. The average Bonchev–Trinajstić information content (AvgIpc) is 2.58. The Balaban J connectivity index is 3.11. The molecule has 0 bridgehead atoms. The summed E-state index contributed by atoms with van der Waals surface area (Å²) in [7, 11) is 1.47. The summed E-state index contributed by atoms with van der Waals surface area (Å²) in [6.45, 7) is 4.44. The summed E-state index contributed by atoms with van der Waals surface area (Å²) in [4.78, 5) is 11.2. The number of unbranched alkanes of at least 4 members (excludes halogenated alkanes) is 14. The van der Waals surface area contributed by atoms with Crippen molar-refractivity contribution < 1.29 is 9.53 Å². The van der Waals surface area contributed by atoms with Gasteiger partial charge in [-0.15, -0.1) is 0 Å². The van der Waals surface area contributed by atoms with Crippen LogP contribution in [0.4, 0.5) is 0 Å². The van der Waals surface area contributed by atoms with Crippen LogP contribution in [0.25, 0.3) is 0 Å². The second-order valence-corrected chi connectivity index (χ2v) is 7.62. The fraction of sp³-hybridized carbons (Fsp3) is 0.955. The van der Waals surface area contributed by atoms with Crippen LogP contribution in [-0.2, 0) is 9.53 Å². The molecule has 0 unspecified atom stereocenters. The topological polar surface area (TPSA) is 26.3 Å². The molecule has 144 valence electrons. The molecule has 0 aliphatic carbocycles. The zero-order valence-electron chi connectivity index (χ0n) is 16.9. The molecule has 1 atom stereocenters. The smallest absolute Gasteiger partial charge is 0.305 e. The maximum atomic E-state index is 11.2. The van der Waals surface area contributed by atoms with Gasteiger partial charge in [-0.25, -0.2) is 0 Å². The van der Waals surface area contributed by atoms with Crippen molar-refractivity contribution in [2.24, 2.45) is 5.92 Å². The SMILES string of the molecule is CCCCCCCCCCCCCCCCC[C@H](C)CC(=O)OC. The average molecular weight is 341 g/mol. The van der Waals surface area contributed by atoms with Crippen LogP contribution in [0, 0.1) is 5.92 Å². The number of hydrogen-bond donors (Lipinski definition) is 0. The fourth-order valence-corrected chi connectivity index (χ4v) is 3.33. The minimum Gasteiger partial charge on any atom is -0.469 e. The number of rotatable bonds is 18. The molecule has 0 radical (unpaired) electrons. The third-order valence-electron chi connectivity index (χ3n) is 5.04. The van der Waals surface area contributed by atoms with Gasteiger partial charge in [-0.1, -0.05) is 117 Å². The Kier molecular flexibility index (Phi) is 18.4. The van der Waals surface area contributed by atoms with Crippen molar-refractivity contribution in [1.29, 1.82) is 0 Å². The van der Waals surface area contributed by atoms with E-state index < -0.39 is 0 Å². The van der Waals surface area contributed by atoms with E-state index in [4.69, 9.17) is 4.74 Å². The van der Waals surface area contributed by atoms with E-state index >= 15 is 0 Å². The van der Waals surface area contributed by atoms with E-state index in [0.29, 0.717) is 12.3 Å². The molecule has 0 amide bonds.